The first-order chi connectivity index (χ1) is 7.49. The maximum Gasteiger partial charge on any atom is 0.335 e. The van der Waals surface area contributed by atoms with Crippen molar-refractivity contribution in [2.45, 2.75) is 33.2 Å². The molecule has 1 rings (SSSR count). The number of anilines is 1. The minimum absolute atomic E-state index is 0.321. The molecule has 2 N–H and O–H groups in total. The maximum absolute atomic E-state index is 10.7. The molecule has 1 unspecified atom stereocenters. The molecule has 0 amide bonds. The summed E-state index contributed by atoms with van der Waals surface area (Å²) >= 11 is 0. The second kappa shape index (κ2) is 5.54. The number of carbonyl (C=O) groups is 1. The van der Waals surface area contributed by atoms with Crippen LogP contribution < -0.4 is 5.32 Å². The molecule has 0 saturated heterocycles. The highest BCUT2D eigenvalue weighted by molar-refractivity contribution is 5.87. The Balaban J connectivity index is 2.58. The SMILES string of the molecule is CC(C)CC(C)Nc1ccc(C(=O)O)cc1. The Morgan fingerprint density at radius 1 is 1.25 bits per heavy atom. The highest BCUT2D eigenvalue weighted by atomic mass is 16.4. The van der Waals surface area contributed by atoms with Crippen molar-refractivity contribution >= 4 is 11.7 Å². The van der Waals surface area contributed by atoms with Gasteiger partial charge in [0.25, 0.3) is 0 Å². The Hall–Kier alpha value is -1.51. The van der Waals surface area contributed by atoms with Crippen LogP contribution in [0, 0.1) is 5.92 Å². The number of carboxylic acids is 1. The molecule has 0 fully saturated rings. The molecule has 0 saturated carbocycles. The van der Waals surface area contributed by atoms with E-state index < -0.39 is 5.97 Å². The molecule has 88 valence electrons. The van der Waals surface area contributed by atoms with Gasteiger partial charge in [-0.1, -0.05) is 13.8 Å². The zero-order valence-corrected chi connectivity index (χ0v) is 10.0. The third kappa shape index (κ3) is 3.93. The summed E-state index contributed by atoms with van der Waals surface area (Å²) in [5, 5.41) is 12.1. The predicted octanol–water partition coefficient (Wildman–Crippen LogP) is 3.23. The van der Waals surface area contributed by atoms with Crippen LogP contribution in [0.5, 0.6) is 0 Å². The van der Waals surface area contributed by atoms with Gasteiger partial charge >= 0.3 is 5.97 Å². The van der Waals surface area contributed by atoms with Crippen molar-refractivity contribution in [1.29, 1.82) is 0 Å². The molecule has 0 aliphatic heterocycles. The summed E-state index contributed by atoms with van der Waals surface area (Å²) in [4.78, 5) is 10.7. The largest absolute Gasteiger partial charge is 0.478 e. The topological polar surface area (TPSA) is 49.3 Å². The van der Waals surface area contributed by atoms with E-state index in [1.807, 2.05) is 0 Å². The summed E-state index contributed by atoms with van der Waals surface area (Å²) < 4.78 is 0. The molecular weight excluding hydrogens is 202 g/mol. The summed E-state index contributed by atoms with van der Waals surface area (Å²) in [5.41, 5.74) is 1.29. The fraction of sp³-hybridized carbons (Fsp3) is 0.462. The monoisotopic (exact) mass is 221 g/mol. The lowest BCUT2D eigenvalue weighted by Crippen LogP contribution is -2.17. The quantitative estimate of drug-likeness (QED) is 0.802. The minimum Gasteiger partial charge on any atom is -0.478 e. The standard InChI is InChI=1S/C13H19NO2/c1-9(2)8-10(3)14-12-6-4-11(5-7-12)13(15)16/h4-7,9-10,14H,8H2,1-3H3,(H,15,16). The van der Waals surface area contributed by atoms with Crippen LogP contribution in [0.25, 0.3) is 0 Å². The molecule has 0 spiro atoms. The lowest BCUT2D eigenvalue weighted by molar-refractivity contribution is 0.0697. The Morgan fingerprint density at radius 3 is 2.25 bits per heavy atom. The normalized spacial score (nSPS) is 12.5. The summed E-state index contributed by atoms with van der Waals surface area (Å²) in [6.07, 6.45) is 1.10. The lowest BCUT2D eigenvalue weighted by Gasteiger charge is -2.17. The molecule has 1 atom stereocenters. The van der Waals surface area contributed by atoms with E-state index in [9.17, 15) is 4.79 Å². The summed E-state index contributed by atoms with van der Waals surface area (Å²) in [6.45, 7) is 6.50. The number of carboxylic acid groups (broad SMARTS) is 1. The summed E-state index contributed by atoms with van der Waals surface area (Å²) in [7, 11) is 0. The van der Waals surface area contributed by atoms with Gasteiger partial charge in [-0.25, -0.2) is 4.79 Å². The van der Waals surface area contributed by atoms with E-state index in [2.05, 4.69) is 26.1 Å². The predicted molar refractivity (Wildman–Crippen MR) is 65.9 cm³/mol. The average Bonchev–Trinajstić information content (AvgIpc) is 2.16. The van der Waals surface area contributed by atoms with E-state index >= 15 is 0 Å². The summed E-state index contributed by atoms with van der Waals surface area (Å²) in [6, 6.07) is 7.25. The van der Waals surface area contributed by atoms with E-state index in [1.165, 1.54) is 0 Å². The van der Waals surface area contributed by atoms with Gasteiger partial charge < -0.3 is 10.4 Å². The molecule has 1 aromatic rings. The van der Waals surface area contributed by atoms with Gasteiger partial charge in [-0.2, -0.15) is 0 Å². The van der Waals surface area contributed by atoms with Gasteiger partial charge in [0.1, 0.15) is 0 Å². The average molecular weight is 221 g/mol. The highest BCUT2D eigenvalue weighted by Crippen LogP contribution is 2.14. The number of rotatable bonds is 5. The van der Waals surface area contributed by atoms with Crippen LogP contribution >= 0.6 is 0 Å². The van der Waals surface area contributed by atoms with Crippen molar-refractivity contribution < 1.29 is 9.90 Å². The van der Waals surface area contributed by atoms with Gasteiger partial charge in [0.05, 0.1) is 5.56 Å². The number of hydrogen-bond donors (Lipinski definition) is 2. The maximum atomic E-state index is 10.7. The number of nitrogens with one attached hydrogen (secondary N) is 1. The van der Waals surface area contributed by atoms with Crippen LogP contribution in [0.3, 0.4) is 0 Å². The molecule has 16 heavy (non-hydrogen) atoms. The van der Waals surface area contributed by atoms with Crippen molar-refractivity contribution in [3.05, 3.63) is 29.8 Å². The van der Waals surface area contributed by atoms with Crippen molar-refractivity contribution in [3.8, 4) is 0 Å². The first kappa shape index (κ1) is 12.6. The van der Waals surface area contributed by atoms with Gasteiger partial charge in [-0.3, -0.25) is 0 Å². The van der Waals surface area contributed by atoms with Gasteiger partial charge in [0.15, 0.2) is 0 Å². The molecular formula is C13H19NO2. The van der Waals surface area contributed by atoms with E-state index in [-0.39, 0.29) is 0 Å². The van der Waals surface area contributed by atoms with Crippen LogP contribution in [-0.4, -0.2) is 17.1 Å². The zero-order valence-electron chi connectivity index (χ0n) is 10.0. The van der Waals surface area contributed by atoms with Crippen LogP contribution in [0.15, 0.2) is 24.3 Å². The van der Waals surface area contributed by atoms with Crippen LogP contribution in [0.4, 0.5) is 5.69 Å². The van der Waals surface area contributed by atoms with Crippen LogP contribution in [0.2, 0.25) is 0 Å². The molecule has 0 heterocycles. The van der Waals surface area contributed by atoms with E-state index in [0.29, 0.717) is 17.5 Å². The first-order valence-electron chi connectivity index (χ1n) is 5.59. The molecule has 0 radical (unpaired) electrons. The van der Waals surface area contributed by atoms with E-state index in [4.69, 9.17) is 5.11 Å². The number of aromatic carboxylic acids is 1. The van der Waals surface area contributed by atoms with E-state index in [0.717, 1.165) is 12.1 Å². The summed E-state index contributed by atoms with van der Waals surface area (Å²) in [5.74, 6) is -0.234. The molecule has 3 nitrogen and oxygen atoms in total. The molecule has 3 heteroatoms. The molecule has 0 aliphatic rings. The Labute approximate surface area is 96.5 Å². The molecule has 0 aromatic heterocycles. The fourth-order valence-corrected chi connectivity index (χ4v) is 1.76. The van der Waals surface area contributed by atoms with Crippen LogP contribution in [-0.2, 0) is 0 Å². The molecule has 1 aromatic carbocycles. The third-order valence-electron chi connectivity index (χ3n) is 2.37. The van der Waals surface area contributed by atoms with Crippen molar-refractivity contribution in [1.82, 2.24) is 0 Å². The fourth-order valence-electron chi connectivity index (χ4n) is 1.76. The minimum atomic E-state index is -0.887. The Morgan fingerprint density at radius 2 is 1.81 bits per heavy atom. The first-order valence-corrected chi connectivity index (χ1v) is 5.59. The van der Waals surface area contributed by atoms with Gasteiger partial charge in [0, 0.05) is 11.7 Å². The number of hydrogen-bond acceptors (Lipinski definition) is 2. The molecule has 0 bridgehead atoms. The lowest BCUT2D eigenvalue weighted by atomic mass is 10.0. The highest BCUT2D eigenvalue weighted by Gasteiger charge is 2.06. The van der Waals surface area contributed by atoms with Gasteiger partial charge in [-0.05, 0) is 43.5 Å². The smallest absolute Gasteiger partial charge is 0.335 e. The van der Waals surface area contributed by atoms with Gasteiger partial charge in [-0.15, -0.1) is 0 Å². The third-order valence-corrected chi connectivity index (χ3v) is 2.37. The van der Waals surface area contributed by atoms with Crippen molar-refractivity contribution in [2.75, 3.05) is 5.32 Å². The van der Waals surface area contributed by atoms with Crippen molar-refractivity contribution in [3.63, 3.8) is 0 Å². The van der Waals surface area contributed by atoms with E-state index in [1.54, 1.807) is 24.3 Å². The second-order valence-corrected chi connectivity index (χ2v) is 4.56. The van der Waals surface area contributed by atoms with Gasteiger partial charge in [0.2, 0.25) is 0 Å². The van der Waals surface area contributed by atoms with Crippen molar-refractivity contribution in [2.24, 2.45) is 5.92 Å². The Bertz CT molecular complexity index is 343. The van der Waals surface area contributed by atoms with Crippen LogP contribution in [0.1, 0.15) is 37.6 Å². The zero-order chi connectivity index (χ0) is 12.1. The number of benzene rings is 1. The Kier molecular flexibility index (Phi) is 4.35. The second-order valence-electron chi connectivity index (χ2n) is 4.56. The molecule has 0 aliphatic carbocycles.